The standard InChI is InChI=1S/C19H25N5O2S/c1-13-6-7-15(16(10-13)24-8-4-3-5-9-24)22-18(26)23-19-21-12-14(27-19)11-17(25)20-2/h6-7,10,12H,3-5,8-9,11H2,1-2H3,(H,20,25)(H2,21,22,23,26). The van der Waals surface area contributed by atoms with E-state index in [1.165, 1.54) is 36.2 Å². The molecule has 0 saturated carbocycles. The summed E-state index contributed by atoms with van der Waals surface area (Å²) in [6.07, 6.45) is 5.47. The molecular formula is C19H25N5O2S. The number of aryl methyl sites for hydroxylation is 1. The normalized spacial score (nSPS) is 13.9. The van der Waals surface area contributed by atoms with Crippen molar-refractivity contribution in [1.82, 2.24) is 10.3 Å². The van der Waals surface area contributed by atoms with E-state index in [0.717, 1.165) is 29.3 Å². The van der Waals surface area contributed by atoms with Crippen LogP contribution in [0, 0.1) is 6.92 Å². The number of anilines is 3. The summed E-state index contributed by atoms with van der Waals surface area (Å²) in [7, 11) is 1.59. The van der Waals surface area contributed by atoms with Crippen molar-refractivity contribution >= 4 is 39.8 Å². The van der Waals surface area contributed by atoms with Crippen LogP contribution in [0.15, 0.2) is 24.4 Å². The highest BCUT2D eigenvalue weighted by molar-refractivity contribution is 7.15. The molecule has 0 aliphatic carbocycles. The topological polar surface area (TPSA) is 86.4 Å². The van der Waals surface area contributed by atoms with Gasteiger partial charge in [0.05, 0.1) is 17.8 Å². The van der Waals surface area contributed by atoms with Gasteiger partial charge in [0.1, 0.15) is 0 Å². The first kappa shape index (κ1) is 19.2. The maximum atomic E-state index is 12.4. The highest BCUT2D eigenvalue weighted by atomic mass is 32.1. The largest absolute Gasteiger partial charge is 0.370 e. The predicted molar refractivity (Wildman–Crippen MR) is 110 cm³/mol. The van der Waals surface area contributed by atoms with E-state index in [9.17, 15) is 9.59 Å². The average Bonchev–Trinajstić information content (AvgIpc) is 3.10. The van der Waals surface area contributed by atoms with E-state index in [0.29, 0.717) is 5.13 Å². The summed E-state index contributed by atoms with van der Waals surface area (Å²) in [5.41, 5.74) is 3.02. The second kappa shape index (κ2) is 8.85. The smallest absolute Gasteiger partial charge is 0.325 e. The van der Waals surface area contributed by atoms with Crippen LogP contribution in [-0.4, -0.2) is 37.1 Å². The van der Waals surface area contributed by atoms with E-state index in [2.05, 4.69) is 38.8 Å². The molecule has 1 aromatic carbocycles. The van der Waals surface area contributed by atoms with E-state index in [1.807, 2.05) is 12.1 Å². The van der Waals surface area contributed by atoms with Crippen molar-refractivity contribution in [2.45, 2.75) is 32.6 Å². The molecule has 1 aromatic heterocycles. The molecule has 2 aromatic rings. The third-order valence-corrected chi connectivity index (χ3v) is 5.40. The van der Waals surface area contributed by atoms with Crippen molar-refractivity contribution in [3.05, 3.63) is 34.8 Å². The van der Waals surface area contributed by atoms with Crippen molar-refractivity contribution in [3.8, 4) is 0 Å². The third kappa shape index (κ3) is 5.19. The maximum absolute atomic E-state index is 12.4. The first-order valence-electron chi connectivity index (χ1n) is 9.14. The van der Waals surface area contributed by atoms with Gasteiger partial charge in [-0.05, 0) is 43.9 Å². The molecule has 1 fully saturated rings. The lowest BCUT2D eigenvalue weighted by Crippen LogP contribution is -2.31. The Hall–Kier alpha value is -2.61. The molecule has 8 heteroatoms. The summed E-state index contributed by atoms with van der Waals surface area (Å²) in [6, 6.07) is 5.72. The lowest BCUT2D eigenvalue weighted by Gasteiger charge is -2.30. The lowest BCUT2D eigenvalue weighted by atomic mass is 10.1. The number of thiazole rings is 1. The molecule has 0 bridgehead atoms. The zero-order chi connectivity index (χ0) is 19.2. The van der Waals surface area contributed by atoms with Crippen molar-refractivity contribution in [2.24, 2.45) is 0 Å². The van der Waals surface area contributed by atoms with Gasteiger partial charge in [0.25, 0.3) is 0 Å². The summed E-state index contributed by atoms with van der Waals surface area (Å²) in [5.74, 6) is -0.0829. The summed E-state index contributed by atoms with van der Waals surface area (Å²) in [6.45, 7) is 4.07. The first-order chi connectivity index (χ1) is 13.0. The van der Waals surface area contributed by atoms with Gasteiger partial charge in [-0.2, -0.15) is 0 Å². The van der Waals surface area contributed by atoms with Gasteiger partial charge >= 0.3 is 6.03 Å². The highest BCUT2D eigenvalue weighted by Crippen LogP contribution is 2.30. The Labute approximate surface area is 163 Å². The van der Waals surface area contributed by atoms with Gasteiger partial charge in [0.15, 0.2) is 5.13 Å². The van der Waals surface area contributed by atoms with E-state index in [1.54, 1.807) is 13.2 Å². The third-order valence-electron chi connectivity index (χ3n) is 4.49. The van der Waals surface area contributed by atoms with E-state index in [4.69, 9.17) is 0 Å². The molecule has 0 atom stereocenters. The molecule has 1 aliphatic heterocycles. The number of nitrogens with zero attached hydrogens (tertiary/aromatic N) is 2. The zero-order valence-electron chi connectivity index (χ0n) is 15.7. The SMILES string of the molecule is CNC(=O)Cc1cnc(NC(=O)Nc2ccc(C)cc2N2CCCCC2)s1. The van der Waals surface area contributed by atoms with Crippen LogP contribution in [0.3, 0.4) is 0 Å². The Morgan fingerprint density at radius 1 is 1.19 bits per heavy atom. The minimum Gasteiger partial charge on any atom is -0.370 e. The van der Waals surface area contributed by atoms with Crippen LogP contribution in [0.25, 0.3) is 0 Å². The molecule has 27 heavy (non-hydrogen) atoms. The number of benzene rings is 1. The Morgan fingerprint density at radius 2 is 1.96 bits per heavy atom. The van der Waals surface area contributed by atoms with Crippen LogP contribution >= 0.6 is 11.3 Å². The van der Waals surface area contributed by atoms with Gasteiger partial charge in [-0.15, -0.1) is 11.3 Å². The van der Waals surface area contributed by atoms with Gasteiger partial charge < -0.3 is 15.5 Å². The number of urea groups is 1. The van der Waals surface area contributed by atoms with Gasteiger partial charge in [0, 0.05) is 31.2 Å². The molecule has 3 rings (SSSR count). The number of piperidine rings is 1. The Morgan fingerprint density at radius 3 is 2.70 bits per heavy atom. The predicted octanol–water partition coefficient (Wildman–Crippen LogP) is 3.37. The van der Waals surface area contributed by atoms with Crippen LogP contribution in [0.1, 0.15) is 29.7 Å². The molecule has 3 N–H and O–H groups in total. The molecule has 144 valence electrons. The van der Waals surface area contributed by atoms with Gasteiger partial charge in [-0.25, -0.2) is 9.78 Å². The summed E-state index contributed by atoms with van der Waals surface area (Å²) in [4.78, 5) is 31.2. The Kier molecular flexibility index (Phi) is 6.28. The van der Waals surface area contributed by atoms with Crippen LogP contribution in [0.4, 0.5) is 21.3 Å². The van der Waals surface area contributed by atoms with Crippen LogP contribution in [-0.2, 0) is 11.2 Å². The fraction of sp³-hybridized carbons (Fsp3) is 0.421. The molecular weight excluding hydrogens is 362 g/mol. The van der Waals surface area contributed by atoms with E-state index >= 15 is 0 Å². The van der Waals surface area contributed by atoms with Crippen molar-refractivity contribution < 1.29 is 9.59 Å². The van der Waals surface area contributed by atoms with Crippen molar-refractivity contribution in [2.75, 3.05) is 35.7 Å². The van der Waals surface area contributed by atoms with Crippen LogP contribution in [0.5, 0.6) is 0 Å². The van der Waals surface area contributed by atoms with Gasteiger partial charge in [-0.3, -0.25) is 10.1 Å². The van der Waals surface area contributed by atoms with Crippen LogP contribution < -0.4 is 20.9 Å². The minimum absolute atomic E-state index is 0.0829. The lowest BCUT2D eigenvalue weighted by molar-refractivity contribution is -0.119. The first-order valence-corrected chi connectivity index (χ1v) is 9.95. The fourth-order valence-corrected chi connectivity index (χ4v) is 3.89. The maximum Gasteiger partial charge on any atom is 0.325 e. The Balaban J connectivity index is 1.66. The Bertz CT molecular complexity index is 814. The number of carbonyl (C=O) groups is 2. The van der Waals surface area contributed by atoms with E-state index < -0.39 is 0 Å². The van der Waals surface area contributed by atoms with Gasteiger partial charge in [-0.1, -0.05) is 6.07 Å². The van der Waals surface area contributed by atoms with E-state index in [-0.39, 0.29) is 18.4 Å². The summed E-state index contributed by atoms with van der Waals surface area (Å²) >= 11 is 1.30. The fourth-order valence-electron chi connectivity index (χ4n) is 3.09. The van der Waals surface area contributed by atoms with Crippen molar-refractivity contribution in [3.63, 3.8) is 0 Å². The molecule has 3 amide bonds. The number of aromatic nitrogens is 1. The average molecular weight is 388 g/mol. The van der Waals surface area contributed by atoms with Crippen LogP contribution in [0.2, 0.25) is 0 Å². The number of hydrogen-bond acceptors (Lipinski definition) is 5. The highest BCUT2D eigenvalue weighted by Gasteiger charge is 2.17. The van der Waals surface area contributed by atoms with Gasteiger partial charge in [0.2, 0.25) is 5.91 Å². The number of amides is 3. The molecule has 1 saturated heterocycles. The molecule has 0 spiro atoms. The molecule has 0 radical (unpaired) electrons. The molecule has 1 aliphatic rings. The second-order valence-corrected chi connectivity index (χ2v) is 7.74. The summed E-state index contributed by atoms with van der Waals surface area (Å²) < 4.78 is 0. The minimum atomic E-state index is -0.335. The number of likely N-dealkylation sites (N-methyl/N-ethyl adjacent to an activating group) is 1. The molecule has 2 heterocycles. The molecule has 0 unspecified atom stereocenters. The monoisotopic (exact) mass is 387 g/mol. The quantitative estimate of drug-likeness (QED) is 0.734. The number of carbonyl (C=O) groups excluding carboxylic acids is 2. The second-order valence-electron chi connectivity index (χ2n) is 6.63. The molecule has 7 nitrogen and oxygen atoms in total. The number of nitrogens with one attached hydrogen (secondary N) is 3. The summed E-state index contributed by atoms with van der Waals surface area (Å²) in [5, 5.41) is 8.74. The van der Waals surface area contributed by atoms with Crippen molar-refractivity contribution in [1.29, 1.82) is 0 Å². The number of rotatable bonds is 5. The number of hydrogen-bond donors (Lipinski definition) is 3. The zero-order valence-corrected chi connectivity index (χ0v) is 16.5.